The summed E-state index contributed by atoms with van der Waals surface area (Å²) in [7, 11) is -3.73. The van der Waals surface area contributed by atoms with Crippen LogP contribution in [-0.2, 0) is 19.6 Å². The van der Waals surface area contributed by atoms with Gasteiger partial charge in [-0.1, -0.05) is 6.92 Å². The molecule has 2 heterocycles. The molecule has 8 nitrogen and oxygen atoms in total. The first kappa shape index (κ1) is 20.9. The number of carbonyl (C=O) groups excluding carboxylic acids is 2. The van der Waals surface area contributed by atoms with Crippen molar-refractivity contribution in [3.8, 4) is 0 Å². The Hall–Kier alpha value is -1.78. The van der Waals surface area contributed by atoms with Crippen LogP contribution in [0.2, 0.25) is 0 Å². The molecule has 154 valence electrons. The third kappa shape index (κ3) is 4.98. The Labute approximate surface area is 169 Å². The van der Waals surface area contributed by atoms with Gasteiger partial charge >= 0.3 is 6.09 Å². The highest BCUT2D eigenvalue weighted by Crippen LogP contribution is 2.36. The molecule has 2 aliphatic heterocycles. The lowest BCUT2D eigenvalue weighted by atomic mass is 10.1. The molecule has 0 aromatic heterocycles. The fourth-order valence-electron chi connectivity index (χ4n) is 3.28. The van der Waals surface area contributed by atoms with Crippen LogP contribution in [0.25, 0.3) is 0 Å². The third-order valence-electron chi connectivity index (χ3n) is 4.68. The number of benzene rings is 1. The van der Waals surface area contributed by atoms with Crippen LogP contribution >= 0.6 is 11.8 Å². The largest absolute Gasteiger partial charge is 0.450 e. The molecular formula is C18H25N3O5S2. The Bertz CT molecular complexity index is 851. The van der Waals surface area contributed by atoms with E-state index < -0.39 is 10.0 Å². The van der Waals surface area contributed by atoms with Gasteiger partial charge in [0.1, 0.15) is 0 Å². The number of amides is 2. The first-order valence-electron chi connectivity index (χ1n) is 9.33. The average Bonchev–Trinajstić information content (AvgIpc) is 2.77. The number of sulfonamides is 1. The van der Waals surface area contributed by atoms with Crippen LogP contribution < -0.4 is 10.0 Å². The first-order chi connectivity index (χ1) is 13.3. The van der Waals surface area contributed by atoms with Crippen LogP contribution in [0.4, 0.5) is 10.5 Å². The summed E-state index contributed by atoms with van der Waals surface area (Å²) in [5.41, 5.74) is 0.527. The van der Waals surface area contributed by atoms with Crippen molar-refractivity contribution in [3.63, 3.8) is 0 Å². The fourth-order valence-corrected chi connectivity index (χ4v) is 5.66. The van der Waals surface area contributed by atoms with E-state index in [1.54, 1.807) is 35.7 Å². The number of ether oxygens (including phenoxy) is 1. The van der Waals surface area contributed by atoms with Gasteiger partial charge in [-0.2, -0.15) is 0 Å². The second kappa shape index (κ2) is 8.71. The third-order valence-corrected chi connectivity index (χ3v) is 7.38. The highest BCUT2D eigenvalue weighted by molar-refractivity contribution is 8.00. The van der Waals surface area contributed by atoms with E-state index in [4.69, 9.17) is 4.74 Å². The van der Waals surface area contributed by atoms with Gasteiger partial charge in [0.25, 0.3) is 0 Å². The van der Waals surface area contributed by atoms with Crippen LogP contribution in [0.1, 0.15) is 33.1 Å². The van der Waals surface area contributed by atoms with Crippen molar-refractivity contribution in [2.24, 2.45) is 0 Å². The lowest BCUT2D eigenvalue weighted by Crippen LogP contribution is -2.46. The van der Waals surface area contributed by atoms with Crippen molar-refractivity contribution < 1.29 is 22.7 Å². The number of piperidine rings is 1. The maximum atomic E-state index is 12.8. The normalized spacial score (nSPS) is 20.9. The zero-order chi connectivity index (χ0) is 20.3. The van der Waals surface area contributed by atoms with Crippen molar-refractivity contribution in [1.82, 2.24) is 9.62 Å². The summed E-state index contributed by atoms with van der Waals surface area (Å²) in [6, 6.07) is 4.55. The molecule has 1 fully saturated rings. The minimum atomic E-state index is -3.73. The number of fused-ring (bicyclic) bond motifs is 1. The molecule has 2 aliphatic rings. The lowest BCUT2D eigenvalue weighted by molar-refractivity contribution is -0.116. The molecule has 0 radical (unpaired) electrons. The molecule has 0 bridgehead atoms. The zero-order valence-electron chi connectivity index (χ0n) is 15.9. The maximum Gasteiger partial charge on any atom is 0.409 e. The molecular weight excluding hydrogens is 402 g/mol. The van der Waals surface area contributed by atoms with E-state index in [0.29, 0.717) is 44.6 Å². The van der Waals surface area contributed by atoms with Crippen LogP contribution in [0.3, 0.4) is 0 Å². The highest BCUT2D eigenvalue weighted by Gasteiger charge is 2.28. The molecule has 3 rings (SSSR count). The van der Waals surface area contributed by atoms with Crippen LogP contribution in [0.5, 0.6) is 0 Å². The quantitative estimate of drug-likeness (QED) is 0.765. The highest BCUT2D eigenvalue weighted by atomic mass is 32.2. The van der Waals surface area contributed by atoms with E-state index in [1.165, 1.54) is 6.07 Å². The number of nitrogens with zero attached hydrogens (tertiary/aromatic N) is 1. The number of likely N-dealkylation sites (tertiary alicyclic amines) is 1. The van der Waals surface area contributed by atoms with Crippen molar-refractivity contribution in [2.45, 2.75) is 54.2 Å². The minimum Gasteiger partial charge on any atom is -0.450 e. The van der Waals surface area contributed by atoms with Gasteiger partial charge in [0, 0.05) is 35.7 Å². The minimum absolute atomic E-state index is 0.118. The molecule has 0 unspecified atom stereocenters. The second-order valence-corrected chi connectivity index (χ2v) is 10.1. The van der Waals surface area contributed by atoms with Gasteiger partial charge in [0.05, 0.1) is 17.2 Å². The molecule has 0 spiro atoms. The SMILES string of the molecule is CCOC(=O)N1CCC(NS(=O)(=O)c2ccc3c(c2)NC(=O)C[C@H](C)S3)CC1. The molecule has 1 aromatic rings. The lowest BCUT2D eigenvalue weighted by Gasteiger charge is -2.31. The van der Waals surface area contributed by atoms with Crippen LogP contribution in [-0.4, -0.2) is 56.3 Å². The van der Waals surface area contributed by atoms with Crippen molar-refractivity contribution >= 4 is 39.5 Å². The molecule has 2 amide bonds. The summed E-state index contributed by atoms with van der Waals surface area (Å²) in [6.45, 7) is 4.92. The van der Waals surface area contributed by atoms with E-state index in [1.807, 2.05) is 6.92 Å². The molecule has 28 heavy (non-hydrogen) atoms. The average molecular weight is 428 g/mol. The van der Waals surface area contributed by atoms with Gasteiger partial charge in [0.15, 0.2) is 0 Å². The summed E-state index contributed by atoms with van der Waals surface area (Å²) < 4.78 is 33.3. The molecule has 1 saturated heterocycles. The van der Waals surface area contributed by atoms with Gasteiger partial charge in [-0.05, 0) is 38.0 Å². The fraction of sp³-hybridized carbons (Fsp3) is 0.556. The van der Waals surface area contributed by atoms with E-state index >= 15 is 0 Å². The van der Waals surface area contributed by atoms with Crippen molar-refractivity contribution in [3.05, 3.63) is 18.2 Å². The number of hydrogen-bond acceptors (Lipinski definition) is 6. The van der Waals surface area contributed by atoms with Gasteiger partial charge in [-0.25, -0.2) is 17.9 Å². The van der Waals surface area contributed by atoms with E-state index in [9.17, 15) is 18.0 Å². The molecule has 2 N–H and O–H groups in total. The second-order valence-electron chi connectivity index (χ2n) is 6.92. The smallest absolute Gasteiger partial charge is 0.409 e. The molecule has 1 atom stereocenters. The molecule has 10 heteroatoms. The van der Waals surface area contributed by atoms with Crippen LogP contribution in [0, 0.1) is 0 Å². The number of anilines is 1. The number of nitrogens with one attached hydrogen (secondary N) is 2. The summed E-state index contributed by atoms with van der Waals surface area (Å²) in [4.78, 5) is 26.3. The van der Waals surface area contributed by atoms with Gasteiger partial charge in [0.2, 0.25) is 15.9 Å². The van der Waals surface area contributed by atoms with Gasteiger partial charge in [-0.3, -0.25) is 4.79 Å². The molecule has 1 aromatic carbocycles. The topological polar surface area (TPSA) is 105 Å². The standard InChI is InChI=1S/C18H25N3O5S2/c1-3-26-18(23)21-8-6-13(7-9-21)20-28(24,25)14-4-5-16-15(11-14)19-17(22)10-12(2)27-16/h4-5,11-13,20H,3,6-10H2,1-2H3,(H,19,22)/t12-/m0/s1. The van der Waals surface area contributed by atoms with Gasteiger partial charge < -0.3 is 15.0 Å². The van der Waals surface area contributed by atoms with E-state index in [2.05, 4.69) is 10.0 Å². The number of thioether (sulfide) groups is 1. The summed E-state index contributed by atoms with van der Waals surface area (Å²) in [5, 5.41) is 2.92. The Morgan fingerprint density at radius 2 is 2.07 bits per heavy atom. The number of hydrogen-bond donors (Lipinski definition) is 2. The monoisotopic (exact) mass is 427 g/mol. The summed E-state index contributed by atoms with van der Waals surface area (Å²) in [6.07, 6.45) is 1.07. The Morgan fingerprint density at radius 1 is 1.36 bits per heavy atom. The Kier molecular flexibility index (Phi) is 6.51. The van der Waals surface area contributed by atoms with Crippen molar-refractivity contribution in [1.29, 1.82) is 0 Å². The Morgan fingerprint density at radius 3 is 2.75 bits per heavy atom. The Balaban J connectivity index is 1.67. The van der Waals surface area contributed by atoms with Gasteiger partial charge in [-0.15, -0.1) is 11.8 Å². The predicted octanol–water partition coefficient (Wildman–Crippen LogP) is 2.41. The predicted molar refractivity (Wildman–Crippen MR) is 107 cm³/mol. The van der Waals surface area contributed by atoms with Crippen LogP contribution in [0.15, 0.2) is 28.0 Å². The van der Waals surface area contributed by atoms with E-state index in [0.717, 1.165) is 4.90 Å². The zero-order valence-corrected chi connectivity index (χ0v) is 17.6. The first-order valence-corrected chi connectivity index (χ1v) is 11.7. The van der Waals surface area contributed by atoms with Crippen molar-refractivity contribution in [2.75, 3.05) is 25.0 Å². The van der Waals surface area contributed by atoms with E-state index in [-0.39, 0.29) is 28.2 Å². The molecule has 0 saturated carbocycles. The summed E-state index contributed by atoms with van der Waals surface area (Å²) >= 11 is 1.55. The number of carbonyl (C=O) groups is 2. The maximum absolute atomic E-state index is 12.8. The molecule has 0 aliphatic carbocycles. The number of rotatable bonds is 4. The summed E-state index contributed by atoms with van der Waals surface area (Å²) in [5.74, 6) is -0.118.